The molecule has 2 aliphatic carbocycles. The Morgan fingerprint density at radius 2 is 1.87 bits per heavy atom. The van der Waals surface area contributed by atoms with Crippen LogP contribution >= 0.6 is 0 Å². The van der Waals surface area contributed by atoms with Crippen molar-refractivity contribution in [3.8, 4) is 0 Å². The lowest BCUT2D eigenvalue weighted by atomic mass is 9.77. The zero-order valence-electron chi connectivity index (χ0n) is 9.21. The van der Waals surface area contributed by atoms with Gasteiger partial charge >= 0.3 is 5.97 Å². The van der Waals surface area contributed by atoms with Crippen LogP contribution in [0.25, 0.3) is 0 Å². The van der Waals surface area contributed by atoms with Crippen molar-refractivity contribution in [2.24, 2.45) is 0 Å². The molecule has 15 heavy (non-hydrogen) atoms. The summed E-state index contributed by atoms with van der Waals surface area (Å²) in [5, 5.41) is 8.86. The molecule has 0 aliphatic heterocycles. The summed E-state index contributed by atoms with van der Waals surface area (Å²) in [6.07, 6.45) is 9.59. The fourth-order valence-electron chi connectivity index (χ4n) is 2.72. The van der Waals surface area contributed by atoms with Gasteiger partial charge in [-0.15, -0.1) is 0 Å². The predicted octanol–water partition coefficient (Wildman–Crippen LogP) is 2.73. The van der Waals surface area contributed by atoms with E-state index in [1.165, 1.54) is 19.3 Å². The highest BCUT2D eigenvalue weighted by Gasteiger charge is 2.42. The van der Waals surface area contributed by atoms with Gasteiger partial charge in [-0.25, -0.2) is 0 Å². The first-order chi connectivity index (χ1) is 7.20. The van der Waals surface area contributed by atoms with Crippen LogP contribution in [0.15, 0.2) is 0 Å². The maximum absolute atomic E-state index is 10.8. The summed E-state index contributed by atoms with van der Waals surface area (Å²) in [7, 11) is 0. The van der Waals surface area contributed by atoms with E-state index >= 15 is 0 Å². The van der Waals surface area contributed by atoms with Crippen molar-refractivity contribution in [3.63, 3.8) is 0 Å². The van der Waals surface area contributed by atoms with Crippen LogP contribution in [0.4, 0.5) is 0 Å². The maximum Gasteiger partial charge on any atom is 0.306 e. The molecule has 0 aromatic rings. The Morgan fingerprint density at radius 3 is 2.33 bits per heavy atom. The van der Waals surface area contributed by atoms with Crippen molar-refractivity contribution in [2.75, 3.05) is 0 Å². The van der Waals surface area contributed by atoms with Crippen molar-refractivity contribution in [1.29, 1.82) is 0 Å². The normalized spacial score (nSPS) is 25.9. The summed E-state index contributed by atoms with van der Waals surface area (Å²) < 4.78 is 6.04. The smallest absolute Gasteiger partial charge is 0.306 e. The van der Waals surface area contributed by atoms with Gasteiger partial charge < -0.3 is 9.84 Å². The summed E-state index contributed by atoms with van der Waals surface area (Å²) in [5.74, 6) is -0.717. The second-order valence-electron chi connectivity index (χ2n) is 4.98. The van der Waals surface area contributed by atoms with E-state index in [1.54, 1.807) is 0 Å². The SMILES string of the molecule is O=C(O)CC1(OC2CCCCC2)CCC1. The molecule has 2 fully saturated rings. The van der Waals surface area contributed by atoms with Crippen molar-refractivity contribution < 1.29 is 14.6 Å². The number of rotatable bonds is 4. The number of ether oxygens (including phenoxy) is 1. The van der Waals surface area contributed by atoms with Crippen molar-refractivity contribution in [1.82, 2.24) is 0 Å². The number of carbonyl (C=O) groups is 1. The molecule has 1 N–H and O–H groups in total. The molecule has 3 nitrogen and oxygen atoms in total. The molecule has 86 valence electrons. The molecule has 0 aromatic carbocycles. The molecule has 0 saturated heterocycles. The van der Waals surface area contributed by atoms with Crippen LogP contribution in [-0.2, 0) is 9.53 Å². The Hall–Kier alpha value is -0.570. The second-order valence-corrected chi connectivity index (χ2v) is 4.98. The Kier molecular flexibility index (Phi) is 3.29. The van der Waals surface area contributed by atoms with E-state index in [1.807, 2.05) is 0 Å². The van der Waals surface area contributed by atoms with Gasteiger partial charge in [-0.2, -0.15) is 0 Å². The molecule has 3 heteroatoms. The van der Waals surface area contributed by atoms with Gasteiger partial charge in [0.15, 0.2) is 0 Å². The quantitative estimate of drug-likeness (QED) is 0.779. The highest BCUT2D eigenvalue weighted by molar-refractivity contribution is 5.68. The summed E-state index contributed by atoms with van der Waals surface area (Å²) in [5.41, 5.74) is -0.298. The molecule has 0 atom stereocenters. The molecule has 2 saturated carbocycles. The number of carboxylic acid groups (broad SMARTS) is 1. The number of hydrogen-bond donors (Lipinski definition) is 1. The minimum atomic E-state index is -0.717. The molecule has 0 unspecified atom stereocenters. The highest BCUT2D eigenvalue weighted by atomic mass is 16.5. The molecule has 0 spiro atoms. The molecule has 0 amide bonds. The second kappa shape index (κ2) is 4.52. The van der Waals surface area contributed by atoms with Gasteiger partial charge in [-0.3, -0.25) is 4.79 Å². The lowest BCUT2D eigenvalue weighted by Crippen LogP contribution is -2.45. The number of hydrogen-bond acceptors (Lipinski definition) is 2. The summed E-state index contributed by atoms with van der Waals surface area (Å²) >= 11 is 0. The lowest BCUT2D eigenvalue weighted by Gasteiger charge is -2.44. The fourth-order valence-corrected chi connectivity index (χ4v) is 2.72. The Labute approximate surface area is 90.8 Å². The van der Waals surface area contributed by atoms with Crippen molar-refractivity contribution in [2.45, 2.75) is 69.5 Å². The van der Waals surface area contributed by atoms with E-state index in [4.69, 9.17) is 9.84 Å². The largest absolute Gasteiger partial charge is 0.481 e. The summed E-state index contributed by atoms with van der Waals surface area (Å²) in [6, 6.07) is 0. The van der Waals surface area contributed by atoms with Crippen LogP contribution in [0.1, 0.15) is 57.8 Å². The predicted molar refractivity (Wildman–Crippen MR) is 56.8 cm³/mol. The van der Waals surface area contributed by atoms with Crippen LogP contribution < -0.4 is 0 Å². The standard InChI is InChI=1S/C12H20O3/c13-11(14)9-12(7-4-8-12)15-10-5-2-1-3-6-10/h10H,1-9H2,(H,13,14). The van der Waals surface area contributed by atoms with Gasteiger partial charge in [0.05, 0.1) is 18.1 Å². The maximum atomic E-state index is 10.8. The molecule has 2 aliphatic rings. The molecular formula is C12H20O3. The van der Waals surface area contributed by atoms with Crippen LogP contribution in [-0.4, -0.2) is 22.8 Å². The lowest BCUT2D eigenvalue weighted by molar-refractivity contribution is -0.170. The monoisotopic (exact) mass is 212 g/mol. The van der Waals surface area contributed by atoms with Crippen LogP contribution in [0.3, 0.4) is 0 Å². The average molecular weight is 212 g/mol. The zero-order chi connectivity index (χ0) is 10.7. The zero-order valence-corrected chi connectivity index (χ0v) is 9.21. The number of carboxylic acids is 1. The summed E-state index contributed by atoms with van der Waals surface area (Å²) in [4.78, 5) is 10.8. The first-order valence-corrected chi connectivity index (χ1v) is 6.10. The van der Waals surface area contributed by atoms with Crippen LogP contribution in [0.5, 0.6) is 0 Å². The van der Waals surface area contributed by atoms with Crippen molar-refractivity contribution in [3.05, 3.63) is 0 Å². The van der Waals surface area contributed by atoms with Gasteiger partial charge in [0.25, 0.3) is 0 Å². The van der Waals surface area contributed by atoms with E-state index in [9.17, 15) is 4.79 Å². The first-order valence-electron chi connectivity index (χ1n) is 6.10. The van der Waals surface area contributed by atoms with Gasteiger partial charge in [0.2, 0.25) is 0 Å². The molecule has 0 aromatic heterocycles. The van der Waals surface area contributed by atoms with E-state index in [-0.39, 0.29) is 12.0 Å². The van der Waals surface area contributed by atoms with E-state index in [0.29, 0.717) is 6.10 Å². The van der Waals surface area contributed by atoms with E-state index in [2.05, 4.69) is 0 Å². The Morgan fingerprint density at radius 1 is 1.20 bits per heavy atom. The van der Waals surface area contributed by atoms with E-state index < -0.39 is 5.97 Å². The molecular weight excluding hydrogens is 192 g/mol. The van der Waals surface area contributed by atoms with Gasteiger partial charge in [0.1, 0.15) is 0 Å². The van der Waals surface area contributed by atoms with E-state index in [0.717, 1.165) is 32.1 Å². The third kappa shape index (κ3) is 2.71. The third-order valence-corrected chi connectivity index (χ3v) is 3.71. The first kappa shape index (κ1) is 10.9. The minimum Gasteiger partial charge on any atom is -0.481 e. The molecule has 2 rings (SSSR count). The Balaban J connectivity index is 1.86. The number of aliphatic carboxylic acids is 1. The average Bonchev–Trinajstić information content (AvgIpc) is 2.15. The van der Waals surface area contributed by atoms with Crippen LogP contribution in [0.2, 0.25) is 0 Å². The fraction of sp³-hybridized carbons (Fsp3) is 0.917. The molecule has 0 heterocycles. The highest BCUT2D eigenvalue weighted by Crippen LogP contribution is 2.41. The molecule has 0 bridgehead atoms. The van der Waals surface area contributed by atoms with Gasteiger partial charge in [0, 0.05) is 0 Å². The van der Waals surface area contributed by atoms with Gasteiger partial charge in [-0.05, 0) is 32.1 Å². The van der Waals surface area contributed by atoms with Crippen molar-refractivity contribution >= 4 is 5.97 Å². The van der Waals surface area contributed by atoms with Gasteiger partial charge in [-0.1, -0.05) is 19.3 Å². The topological polar surface area (TPSA) is 46.5 Å². The summed E-state index contributed by atoms with van der Waals surface area (Å²) in [6.45, 7) is 0. The minimum absolute atomic E-state index is 0.198. The Bertz CT molecular complexity index is 227. The van der Waals surface area contributed by atoms with Crippen LogP contribution in [0, 0.1) is 0 Å². The molecule has 0 radical (unpaired) electrons. The third-order valence-electron chi connectivity index (χ3n) is 3.71.